The lowest BCUT2D eigenvalue weighted by atomic mass is 10.2. The van der Waals surface area contributed by atoms with Crippen molar-refractivity contribution in [2.24, 2.45) is 0 Å². The third kappa shape index (κ3) is 3.72. The molecule has 3 aromatic rings. The van der Waals surface area contributed by atoms with Crippen molar-refractivity contribution < 1.29 is 9.53 Å². The molecular weight excluding hydrogens is 344 g/mol. The van der Waals surface area contributed by atoms with Crippen LogP contribution in [0.25, 0.3) is 10.7 Å². The molecule has 0 spiro atoms. The third-order valence-corrected chi connectivity index (χ3v) is 4.63. The summed E-state index contributed by atoms with van der Waals surface area (Å²) in [5.74, 6) is 1.34. The molecule has 1 amide bonds. The van der Waals surface area contributed by atoms with Gasteiger partial charge in [0, 0.05) is 6.54 Å². The van der Waals surface area contributed by atoms with Gasteiger partial charge in [-0.15, -0.1) is 11.3 Å². The number of H-pyrrole nitrogens is 1. The number of amides is 1. The van der Waals surface area contributed by atoms with Gasteiger partial charge in [0.25, 0.3) is 0 Å². The van der Waals surface area contributed by atoms with Crippen molar-refractivity contribution in [1.82, 2.24) is 20.1 Å². The Balaban J connectivity index is 1.65. The van der Waals surface area contributed by atoms with Crippen LogP contribution in [0.5, 0.6) is 5.75 Å². The number of hydrogen-bond donors (Lipinski definition) is 2. The van der Waals surface area contributed by atoms with Gasteiger partial charge in [0.15, 0.2) is 10.6 Å². The van der Waals surface area contributed by atoms with Crippen molar-refractivity contribution in [3.63, 3.8) is 0 Å². The number of methoxy groups -OCH3 is 1. The van der Waals surface area contributed by atoms with Crippen molar-refractivity contribution in [3.8, 4) is 16.5 Å². The molecule has 2 aromatic heterocycles. The molecule has 0 atom stereocenters. The first-order chi connectivity index (χ1) is 11.7. The number of carbonyl (C=O) groups excluding carboxylic acids is 1. The summed E-state index contributed by atoms with van der Waals surface area (Å²) in [7, 11) is 1.62. The van der Waals surface area contributed by atoms with Gasteiger partial charge < -0.3 is 10.1 Å². The average Bonchev–Trinajstić information content (AvgIpc) is 3.24. The Morgan fingerprint density at radius 3 is 2.83 bits per heavy atom. The number of aromatic nitrogens is 3. The van der Waals surface area contributed by atoms with Crippen LogP contribution >= 0.6 is 23.6 Å². The monoisotopic (exact) mass is 360 g/mol. The SMILES string of the molecule is COc1ccc(CNC(=O)Cn2c(-c3cccs3)n[nH]c2=S)cc1. The van der Waals surface area contributed by atoms with Crippen molar-refractivity contribution >= 4 is 29.5 Å². The summed E-state index contributed by atoms with van der Waals surface area (Å²) in [6, 6.07) is 11.4. The predicted molar refractivity (Wildman–Crippen MR) is 95.6 cm³/mol. The van der Waals surface area contributed by atoms with Gasteiger partial charge in [-0.1, -0.05) is 18.2 Å². The molecule has 0 fully saturated rings. The maximum Gasteiger partial charge on any atom is 0.240 e. The molecule has 8 heteroatoms. The molecule has 124 valence electrons. The Kier molecular flexibility index (Phi) is 5.07. The second kappa shape index (κ2) is 7.41. The van der Waals surface area contributed by atoms with Crippen molar-refractivity contribution in [1.29, 1.82) is 0 Å². The molecule has 0 saturated carbocycles. The predicted octanol–water partition coefficient (Wildman–Crippen LogP) is 2.99. The summed E-state index contributed by atoms with van der Waals surface area (Å²) in [5, 5.41) is 11.8. The van der Waals surface area contributed by atoms with Gasteiger partial charge >= 0.3 is 0 Å². The van der Waals surface area contributed by atoms with Gasteiger partial charge in [-0.25, -0.2) is 0 Å². The molecule has 2 heterocycles. The van der Waals surface area contributed by atoms with Crippen molar-refractivity contribution in [2.45, 2.75) is 13.1 Å². The third-order valence-electron chi connectivity index (χ3n) is 3.45. The van der Waals surface area contributed by atoms with E-state index in [4.69, 9.17) is 17.0 Å². The Labute approximate surface area is 148 Å². The molecule has 3 rings (SSSR count). The fourth-order valence-electron chi connectivity index (χ4n) is 2.20. The molecule has 24 heavy (non-hydrogen) atoms. The zero-order valence-electron chi connectivity index (χ0n) is 13.0. The van der Waals surface area contributed by atoms with Crippen LogP contribution in [0.15, 0.2) is 41.8 Å². The number of rotatable bonds is 6. The fourth-order valence-corrected chi connectivity index (χ4v) is 3.12. The zero-order chi connectivity index (χ0) is 16.9. The van der Waals surface area contributed by atoms with Gasteiger partial charge in [0.2, 0.25) is 5.91 Å². The van der Waals surface area contributed by atoms with Crippen LogP contribution < -0.4 is 10.1 Å². The molecule has 0 aliphatic rings. The molecule has 0 bridgehead atoms. The number of nitrogens with one attached hydrogen (secondary N) is 2. The number of benzene rings is 1. The Hall–Kier alpha value is -2.45. The Bertz CT molecular complexity index is 866. The zero-order valence-corrected chi connectivity index (χ0v) is 14.6. The van der Waals surface area contributed by atoms with Crippen LogP contribution in [0, 0.1) is 4.77 Å². The van der Waals surface area contributed by atoms with E-state index in [0.29, 0.717) is 17.1 Å². The first kappa shape index (κ1) is 16.4. The van der Waals surface area contributed by atoms with E-state index < -0.39 is 0 Å². The minimum absolute atomic E-state index is 0.124. The van der Waals surface area contributed by atoms with Gasteiger partial charge in [-0.3, -0.25) is 14.5 Å². The molecule has 1 aromatic carbocycles. The molecule has 0 aliphatic heterocycles. The van der Waals surface area contributed by atoms with Crippen LogP contribution in [0.4, 0.5) is 0 Å². The standard InChI is InChI=1S/C16H16N4O2S2/c1-22-12-6-4-11(5-7-12)9-17-14(21)10-20-15(18-19-16(20)23)13-3-2-8-24-13/h2-8H,9-10H2,1H3,(H,17,21)(H,19,23). The highest BCUT2D eigenvalue weighted by atomic mass is 32.1. The van der Waals surface area contributed by atoms with Crippen molar-refractivity contribution in [3.05, 3.63) is 52.1 Å². The number of ether oxygens (including phenoxy) is 1. The summed E-state index contributed by atoms with van der Waals surface area (Å²) in [5.41, 5.74) is 0.999. The number of thiophene rings is 1. The first-order valence-corrected chi connectivity index (χ1v) is 8.55. The second-order valence-electron chi connectivity index (χ2n) is 5.04. The fraction of sp³-hybridized carbons (Fsp3) is 0.188. The first-order valence-electron chi connectivity index (χ1n) is 7.26. The van der Waals surface area contributed by atoms with Crippen molar-refractivity contribution in [2.75, 3.05) is 7.11 Å². The van der Waals surface area contributed by atoms with Crippen LogP contribution in [0.3, 0.4) is 0 Å². The van der Waals surface area contributed by atoms with E-state index in [9.17, 15) is 4.79 Å². The quantitative estimate of drug-likeness (QED) is 0.663. The minimum atomic E-state index is -0.124. The van der Waals surface area contributed by atoms with E-state index in [1.54, 1.807) is 23.0 Å². The molecular formula is C16H16N4O2S2. The minimum Gasteiger partial charge on any atom is -0.497 e. The highest BCUT2D eigenvalue weighted by Crippen LogP contribution is 2.22. The van der Waals surface area contributed by atoms with Crippen LogP contribution in [-0.4, -0.2) is 27.8 Å². The molecule has 0 radical (unpaired) electrons. The second-order valence-corrected chi connectivity index (χ2v) is 6.38. The van der Waals surface area contributed by atoms with Gasteiger partial charge in [-0.05, 0) is 41.4 Å². The summed E-state index contributed by atoms with van der Waals surface area (Å²) < 4.78 is 7.24. The van der Waals surface area contributed by atoms with Gasteiger partial charge in [0.1, 0.15) is 12.3 Å². The lowest BCUT2D eigenvalue weighted by molar-refractivity contribution is -0.121. The van der Waals surface area contributed by atoms with Crippen LogP contribution in [0.2, 0.25) is 0 Å². The Morgan fingerprint density at radius 1 is 1.38 bits per heavy atom. The normalized spacial score (nSPS) is 10.5. The van der Waals surface area contributed by atoms with Crippen LogP contribution in [-0.2, 0) is 17.9 Å². The topological polar surface area (TPSA) is 71.9 Å². The molecule has 0 saturated heterocycles. The molecule has 6 nitrogen and oxygen atoms in total. The summed E-state index contributed by atoms with van der Waals surface area (Å²) in [4.78, 5) is 13.2. The Morgan fingerprint density at radius 2 is 2.17 bits per heavy atom. The highest BCUT2D eigenvalue weighted by molar-refractivity contribution is 7.71. The lowest BCUT2D eigenvalue weighted by Crippen LogP contribution is -2.27. The maximum absolute atomic E-state index is 12.2. The largest absolute Gasteiger partial charge is 0.497 e. The lowest BCUT2D eigenvalue weighted by Gasteiger charge is -2.08. The summed E-state index contributed by atoms with van der Waals surface area (Å²) >= 11 is 6.78. The number of nitrogens with zero attached hydrogens (tertiary/aromatic N) is 2. The van der Waals surface area contributed by atoms with E-state index in [0.717, 1.165) is 16.2 Å². The maximum atomic E-state index is 12.2. The van der Waals surface area contributed by atoms with Crippen LogP contribution in [0.1, 0.15) is 5.56 Å². The summed E-state index contributed by atoms with van der Waals surface area (Å²) in [6.45, 7) is 0.570. The molecule has 2 N–H and O–H groups in total. The van der Waals surface area contributed by atoms with E-state index in [1.807, 2.05) is 41.8 Å². The number of hydrogen-bond acceptors (Lipinski definition) is 5. The number of carbonyl (C=O) groups is 1. The smallest absolute Gasteiger partial charge is 0.240 e. The highest BCUT2D eigenvalue weighted by Gasteiger charge is 2.12. The van der Waals surface area contributed by atoms with Gasteiger partial charge in [0.05, 0.1) is 12.0 Å². The van der Waals surface area contributed by atoms with Gasteiger partial charge in [-0.2, -0.15) is 5.10 Å². The number of aromatic amines is 1. The average molecular weight is 360 g/mol. The van der Waals surface area contributed by atoms with E-state index in [2.05, 4.69) is 15.5 Å². The van der Waals surface area contributed by atoms with E-state index in [-0.39, 0.29) is 12.5 Å². The molecule has 0 aliphatic carbocycles. The summed E-state index contributed by atoms with van der Waals surface area (Å²) in [6.07, 6.45) is 0. The molecule has 0 unspecified atom stereocenters. The van der Waals surface area contributed by atoms with E-state index >= 15 is 0 Å². The van der Waals surface area contributed by atoms with E-state index in [1.165, 1.54) is 0 Å².